The average molecular weight is 409 g/mol. The highest BCUT2D eigenvalue weighted by Gasteiger charge is 2.04. The van der Waals surface area contributed by atoms with Gasteiger partial charge in [-0.05, 0) is 49.7 Å². The van der Waals surface area contributed by atoms with Crippen LogP contribution in [-0.4, -0.2) is 38.9 Å². The van der Waals surface area contributed by atoms with E-state index in [1.54, 1.807) is 10.9 Å². The van der Waals surface area contributed by atoms with Crippen molar-refractivity contribution >= 4 is 5.96 Å². The van der Waals surface area contributed by atoms with Gasteiger partial charge in [-0.3, -0.25) is 4.68 Å². The molecule has 0 saturated heterocycles. The van der Waals surface area contributed by atoms with Crippen molar-refractivity contribution in [2.24, 2.45) is 12.0 Å². The lowest BCUT2D eigenvalue weighted by molar-refractivity contribution is 0.339. The summed E-state index contributed by atoms with van der Waals surface area (Å²) in [5, 5.41) is 10.6. The molecule has 9 heteroatoms. The number of nitrogens with zero attached hydrogens (tertiary/aromatic N) is 5. The average Bonchev–Trinajstić information content (AvgIpc) is 3.17. The summed E-state index contributed by atoms with van der Waals surface area (Å²) in [5.41, 5.74) is 0.988. The van der Waals surface area contributed by atoms with Gasteiger partial charge in [-0.1, -0.05) is 0 Å². The molecule has 0 aliphatic heterocycles. The molecule has 30 heavy (non-hydrogen) atoms. The molecule has 0 unspecified atom stereocenters. The predicted molar refractivity (Wildman–Crippen MR) is 115 cm³/mol. The van der Waals surface area contributed by atoms with E-state index in [2.05, 4.69) is 30.7 Å². The molecule has 0 saturated carbocycles. The number of hydrogen-bond donors (Lipinski definition) is 2. The minimum Gasteiger partial charge on any atom is -0.494 e. The Hall–Kier alpha value is -3.62. The SMILES string of the molecule is CCNC(=NCc1ccnc(Oc2ccc(OCC)cc2)c1)NCc1ncnn1C. The number of nitrogens with one attached hydrogen (secondary N) is 2. The number of ether oxygens (including phenoxy) is 2. The third-order valence-electron chi connectivity index (χ3n) is 4.14. The molecule has 0 amide bonds. The van der Waals surface area contributed by atoms with Crippen LogP contribution in [0.25, 0.3) is 0 Å². The van der Waals surface area contributed by atoms with Gasteiger partial charge in [0.15, 0.2) is 5.96 Å². The number of rotatable bonds is 9. The fourth-order valence-corrected chi connectivity index (χ4v) is 2.65. The van der Waals surface area contributed by atoms with E-state index in [9.17, 15) is 0 Å². The van der Waals surface area contributed by atoms with Gasteiger partial charge >= 0.3 is 0 Å². The topological polar surface area (TPSA) is 98.5 Å². The molecule has 9 nitrogen and oxygen atoms in total. The lowest BCUT2D eigenvalue weighted by atomic mass is 10.2. The van der Waals surface area contributed by atoms with Crippen molar-refractivity contribution in [1.29, 1.82) is 0 Å². The highest BCUT2D eigenvalue weighted by molar-refractivity contribution is 5.79. The highest BCUT2D eigenvalue weighted by Crippen LogP contribution is 2.23. The van der Waals surface area contributed by atoms with Gasteiger partial charge in [0.05, 0.1) is 19.7 Å². The van der Waals surface area contributed by atoms with Crippen LogP contribution in [0.3, 0.4) is 0 Å². The van der Waals surface area contributed by atoms with Crippen molar-refractivity contribution in [2.75, 3.05) is 13.2 Å². The molecule has 3 rings (SSSR count). The summed E-state index contributed by atoms with van der Waals surface area (Å²) in [6.07, 6.45) is 3.25. The first kappa shape index (κ1) is 21.1. The maximum absolute atomic E-state index is 5.85. The normalized spacial score (nSPS) is 11.2. The van der Waals surface area contributed by atoms with Crippen LogP contribution in [0.1, 0.15) is 25.2 Å². The Bertz CT molecular complexity index is 954. The van der Waals surface area contributed by atoms with E-state index in [0.717, 1.165) is 23.7 Å². The first-order chi connectivity index (χ1) is 14.7. The molecular formula is C21H27N7O2. The van der Waals surface area contributed by atoms with Crippen LogP contribution < -0.4 is 20.1 Å². The molecule has 0 atom stereocenters. The van der Waals surface area contributed by atoms with Crippen LogP contribution in [0.4, 0.5) is 0 Å². The Morgan fingerprint density at radius 2 is 1.87 bits per heavy atom. The van der Waals surface area contributed by atoms with Crippen LogP contribution >= 0.6 is 0 Å². The molecule has 158 valence electrons. The molecule has 0 aliphatic carbocycles. The number of aromatic nitrogens is 4. The summed E-state index contributed by atoms with van der Waals surface area (Å²) in [6, 6.07) is 11.3. The fraction of sp³-hybridized carbons (Fsp3) is 0.333. The number of benzene rings is 1. The summed E-state index contributed by atoms with van der Waals surface area (Å²) >= 11 is 0. The van der Waals surface area contributed by atoms with Gasteiger partial charge in [-0.25, -0.2) is 15.0 Å². The number of pyridine rings is 1. The number of guanidine groups is 1. The van der Waals surface area contributed by atoms with Crippen molar-refractivity contribution < 1.29 is 9.47 Å². The second kappa shape index (κ2) is 10.8. The van der Waals surface area contributed by atoms with Crippen LogP contribution in [0.15, 0.2) is 53.9 Å². The maximum Gasteiger partial charge on any atom is 0.219 e. The lowest BCUT2D eigenvalue weighted by Gasteiger charge is -2.11. The van der Waals surface area contributed by atoms with Gasteiger partial charge < -0.3 is 20.1 Å². The number of hydrogen-bond acceptors (Lipinski definition) is 6. The Balaban J connectivity index is 1.61. The van der Waals surface area contributed by atoms with Gasteiger partial charge in [-0.2, -0.15) is 5.10 Å². The van der Waals surface area contributed by atoms with Crippen molar-refractivity contribution in [2.45, 2.75) is 26.9 Å². The van der Waals surface area contributed by atoms with Crippen LogP contribution in [-0.2, 0) is 20.1 Å². The zero-order chi connectivity index (χ0) is 21.2. The third kappa shape index (κ3) is 6.20. The van der Waals surface area contributed by atoms with E-state index in [-0.39, 0.29) is 0 Å². The van der Waals surface area contributed by atoms with E-state index in [1.807, 2.05) is 57.3 Å². The molecule has 0 radical (unpaired) electrons. The summed E-state index contributed by atoms with van der Waals surface area (Å²) in [5.74, 6) is 3.56. The van der Waals surface area contributed by atoms with E-state index < -0.39 is 0 Å². The Morgan fingerprint density at radius 1 is 1.07 bits per heavy atom. The summed E-state index contributed by atoms with van der Waals surface area (Å²) in [7, 11) is 1.86. The van der Waals surface area contributed by atoms with Crippen LogP contribution in [0.5, 0.6) is 17.4 Å². The van der Waals surface area contributed by atoms with E-state index in [0.29, 0.717) is 37.3 Å². The Kier molecular flexibility index (Phi) is 7.59. The molecule has 0 spiro atoms. The highest BCUT2D eigenvalue weighted by atomic mass is 16.5. The first-order valence-electron chi connectivity index (χ1n) is 9.88. The zero-order valence-electron chi connectivity index (χ0n) is 17.5. The second-order valence-corrected chi connectivity index (χ2v) is 6.36. The van der Waals surface area contributed by atoms with Crippen LogP contribution in [0, 0.1) is 0 Å². The Labute approximate surface area is 176 Å². The molecule has 3 aromatic rings. The van der Waals surface area contributed by atoms with Gasteiger partial charge in [0.1, 0.15) is 23.7 Å². The van der Waals surface area contributed by atoms with Gasteiger partial charge in [-0.15, -0.1) is 0 Å². The van der Waals surface area contributed by atoms with E-state index in [4.69, 9.17) is 9.47 Å². The standard InChI is InChI=1S/C21H27N7O2/c1-4-22-21(25-14-19-26-15-27-28(19)3)24-13-16-10-11-23-20(12-16)30-18-8-6-17(7-9-18)29-5-2/h6-12,15H,4-5,13-14H2,1-3H3,(H2,22,24,25). The predicted octanol–water partition coefficient (Wildman–Crippen LogP) is 2.66. The zero-order valence-corrected chi connectivity index (χ0v) is 17.5. The maximum atomic E-state index is 5.85. The molecule has 1 aromatic carbocycles. The van der Waals surface area contributed by atoms with Crippen LogP contribution in [0.2, 0.25) is 0 Å². The largest absolute Gasteiger partial charge is 0.494 e. The molecule has 0 bridgehead atoms. The number of aryl methyl sites for hydroxylation is 1. The van der Waals surface area contributed by atoms with Gasteiger partial charge in [0.25, 0.3) is 0 Å². The second-order valence-electron chi connectivity index (χ2n) is 6.36. The van der Waals surface area contributed by atoms with Gasteiger partial charge in [0, 0.05) is 25.9 Å². The molecular weight excluding hydrogens is 382 g/mol. The number of aliphatic imine (C=N–C) groups is 1. The third-order valence-corrected chi connectivity index (χ3v) is 4.14. The first-order valence-corrected chi connectivity index (χ1v) is 9.88. The van der Waals surface area contributed by atoms with E-state index >= 15 is 0 Å². The van der Waals surface area contributed by atoms with Crippen molar-refractivity contribution in [3.63, 3.8) is 0 Å². The lowest BCUT2D eigenvalue weighted by Crippen LogP contribution is -2.37. The molecule has 2 heterocycles. The minimum absolute atomic E-state index is 0.482. The molecule has 2 N–H and O–H groups in total. The van der Waals surface area contributed by atoms with E-state index in [1.165, 1.54) is 6.33 Å². The smallest absolute Gasteiger partial charge is 0.219 e. The van der Waals surface area contributed by atoms with Gasteiger partial charge in [0.2, 0.25) is 5.88 Å². The summed E-state index contributed by atoms with van der Waals surface area (Å²) in [6.45, 7) is 6.38. The molecule has 0 aliphatic rings. The summed E-state index contributed by atoms with van der Waals surface area (Å²) < 4.78 is 13.0. The Morgan fingerprint density at radius 3 is 2.57 bits per heavy atom. The van der Waals surface area contributed by atoms with Crippen molar-refractivity contribution in [3.05, 3.63) is 60.3 Å². The summed E-state index contributed by atoms with van der Waals surface area (Å²) in [4.78, 5) is 13.1. The molecule has 2 aromatic heterocycles. The van der Waals surface area contributed by atoms with Crippen molar-refractivity contribution in [1.82, 2.24) is 30.4 Å². The monoisotopic (exact) mass is 409 g/mol. The van der Waals surface area contributed by atoms with Crippen molar-refractivity contribution in [3.8, 4) is 17.4 Å². The quantitative estimate of drug-likeness (QED) is 0.414. The molecule has 0 fully saturated rings. The minimum atomic E-state index is 0.482. The fourth-order valence-electron chi connectivity index (χ4n) is 2.65.